The van der Waals surface area contributed by atoms with E-state index in [9.17, 15) is 0 Å². The van der Waals surface area contributed by atoms with E-state index < -0.39 is 0 Å². The highest BCUT2D eigenvalue weighted by atomic mass is 14.1. The Balaban J connectivity index is 6.03. The molecule has 0 saturated heterocycles. The Morgan fingerprint density at radius 2 is 1.60 bits per heavy atom. The van der Waals surface area contributed by atoms with Gasteiger partial charge in [0, 0.05) is 0 Å². The lowest BCUT2D eigenvalue weighted by Gasteiger charge is -2.16. The molecule has 20 heavy (non-hydrogen) atoms. The molecule has 106 valence electrons. The Morgan fingerprint density at radius 1 is 1.00 bits per heavy atom. The molecule has 0 aliphatic heterocycles. The zero-order chi connectivity index (χ0) is 15.7. The Morgan fingerprint density at radius 3 is 2.00 bits per heavy atom. The van der Waals surface area contributed by atoms with Gasteiger partial charge in [0.1, 0.15) is 7.85 Å². The van der Waals surface area contributed by atoms with Crippen LogP contribution in [0.3, 0.4) is 0 Å². The van der Waals surface area contributed by atoms with Crippen molar-refractivity contribution >= 4 is 7.85 Å². The summed E-state index contributed by atoms with van der Waals surface area (Å²) in [5.41, 5.74) is 7.08. The molecule has 0 saturated carbocycles. The lowest BCUT2D eigenvalue weighted by atomic mass is 9.82. The Bertz CT molecular complexity index is 482. The highest BCUT2D eigenvalue weighted by molar-refractivity contribution is 6.22. The molecular weight excluding hydrogens is 239 g/mol. The molecule has 0 aromatic heterocycles. The van der Waals surface area contributed by atoms with Crippen LogP contribution in [-0.2, 0) is 0 Å². The monoisotopic (exact) mass is 266 g/mol. The fourth-order valence-electron chi connectivity index (χ4n) is 2.35. The van der Waals surface area contributed by atoms with Crippen molar-refractivity contribution in [1.82, 2.24) is 0 Å². The van der Waals surface area contributed by atoms with Crippen LogP contribution in [0, 0.1) is 0 Å². The molecular formula is C19H27B. The lowest BCUT2D eigenvalue weighted by Crippen LogP contribution is -1.98. The summed E-state index contributed by atoms with van der Waals surface area (Å²) in [4.78, 5) is 0. The first-order valence-corrected chi connectivity index (χ1v) is 7.22. The second-order valence-electron chi connectivity index (χ2n) is 4.86. The maximum absolute atomic E-state index is 6.10. The van der Waals surface area contributed by atoms with Crippen LogP contribution in [0.1, 0.15) is 47.5 Å². The summed E-state index contributed by atoms with van der Waals surface area (Å²) in [6.07, 6.45) is 9.55. The molecule has 0 rings (SSSR count). The van der Waals surface area contributed by atoms with Crippen molar-refractivity contribution in [2.24, 2.45) is 0 Å². The van der Waals surface area contributed by atoms with E-state index in [4.69, 9.17) is 7.85 Å². The minimum atomic E-state index is 0.880. The highest BCUT2D eigenvalue weighted by Gasteiger charge is 2.09. The summed E-state index contributed by atoms with van der Waals surface area (Å²) in [5, 5.41) is 0. The molecule has 0 aliphatic carbocycles. The average molecular weight is 266 g/mol. The van der Waals surface area contributed by atoms with E-state index in [2.05, 4.69) is 53.9 Å². The Kier molecular flexibility index (Phi) is 8.71. The van der Waals surface area contributed by atoms with E-state index in [-0.39, 0.29) is 0 Å². The summed E-state index contributed by atoms with van der Waals surface area (Å²) in [5.74, 6) is 0. The lowest BCUT2D eigenvalue weighted by molar-refractivity contribution is 1.04. The first kappa shape index (κ1) is 18.5. The van der Waals surface area contributed by atoms with Gasteiger partial charge in [-0.3, -0.25) is 0 Å². The van der Waals surface area contributed by atoms with Crippen molar-refractivity contribution in [2.75, 3.05) is 0 Å². The van der Waals surface area contributed by atoms with E-state index in [0.29, 0.717) is 0 Å². The van der Waals surface area contributed by atoms with Gasteiger partial charge in [-0.15, -0.1) is 5.47 Å². The number of hydrogen-bond acceptors (Lipinski definition) is 0. The topological polar surface area (TPSA) is 0 Å². The minimum absolute atomic E-state index is 0.880. The van der Waals surface area contributed by atoms with E-state index >= 15 is 0 Å². The normalized spacial score (nSPS) is 15.4. The van der Waals surface area contributed by atoms with Crippen LogP contribution in [0.25, 0.3) is 0 Å². The fraction of sp³-hybridized carbons (Fsp3) is 0.368. The maximum Gasteiger partial charge on any atom is 0.108 e. The molecule has 0 heterocycles. The molecule has 0 amide bonds. The zero-order valence-electron chi connectivity index (χ0n) is 13.7. The largest absolute Gasteiger partial charge is 0.115 e. The van der Waals surface area contributed by atoms with Crippen LogP contribution in [0.2, 0.25) is 0 Å². The van der Waals surface area contributed by atoms with Gasteiger partial charge in [-0.05, 0) is 55.9 Å². The van der Waals surface area contributed by atoms with Crippen molar-refractivity contribution in [3.05, 3.63) is 70.8 Å². The Hall–Kier alpha value is -1.50. The minimum Gasteiger partial charge on any atom is -0.115 e. The molecule has 0 unspecified atom stereocenters. The van der Waals surface area contributed by atoms with Gasteiger partial charge in [0.05, 0.1) is 0 Å². The third-order valence-electron chi connectivity index (χ3n) is 3.64. The predicted octanol–water partition coefficient (Wildman–Crippen LogP) is 5.81. The first-order chi connectivity index (χ1) is 9.44. The van der Waals surface area contributed by atoms with Gasteiger partial charge in [0.2, 0.25) is 0 Å². The number of rotatable bonds is 7. The number of allylic oxidation sites excluding steroid dienone is 10. The van der Waals surface area contributed by atoms with Gasteiger partial charge in [0.15, 0.2) is 0 Å². The molecule has 2 radical (unpaired) electrons. The summed E-state index contributed by atoms with van der Waals surface area (Å²) in [6, 6.07) is 0. The maximum atomic E-state index is 6.10. The molecule has 0 N–H and O–H groups in total. The van der Waals surface area contributed by atoms with Crippen LogP contribution in [0.5, 0.6) is 0 Å². The quantitative estimate of drug-likeness (QED) is 0.403. The van der Waals surface area contributed by atoms with E-state index in [1.165, 1.54) is 27.9 Å². The first-order valence-electron chi connectivity index (χ1n) is 7.22. The average Bonchev–Trinajstić information content (AvgIpc) is 2.45. The summed E-state index contributed by atoms with van der Waals surface area (Å²) < 4.78 is 0. The van der Waals surface area contributed by atoms with Gasteiger partial charge in [0.25, 0.3) is 0 Å². The third-order valence-corrected chi connectivity index (χ3v) is 3.64. The summed E-state index contributed by atoms with van der Waals surface area (Å²) in [6.45, 7) is 18.3. The van der Waals surface area contributed by atoms with Crippen LogP contribution >= 0.6 is 0 Å². The van der Waals surface area contributed by atoms with Gasteiger partial charge in [-0.2, -0.15) is 0 Å². The molecule has 0 aromatic carbocycles. The second kappa shape index (κ2) is 9.42. The number of hydrogen-bond donors (Lipinski definition) is 0. The van der Waals surface area contributed by atoms with E-state index in [1.807, 2.05) is 12.2 Å². The van der Waals surface area contributed by atoms with Gasteiger partial charge in [-0.25, -0.2) is 0 Å². The second-order valence-corrected chi connectivity index (χ2v) is 4.86. The Labute approximate surface area is 126 Å². The molecule has 0 spiro atoms. The van der Waals surface area contributed by atoms with Gasteiger partial charge >= 0.3 is 0 Å². The van der Waals surface area contributed by atoms with Crippen molar-refractivity contribution in [1.29, 1.82) is 0 Å². The zero-order valence-corrected chi connectivity index (χ0v) is 13.7. The van der Waals surface area contributed by atoms with Gasteiger partial charge < -0.3 is 0 Å². The molecule has 0 bridgehead atoms. The van der Waals surface area contributed by atoms with Crippen molar-refractivity contribution in [2.45, 2.75) is 47.5 Å². The molecule has 0 aromatic rings. The molecule has 0 fully saturated rings. The molecule has 1 heteroatoms. The predicted molar refractivity (Wildman–Crippen MR) is 94.0 cm³/mol. The van der Waals surface area contributed by atoms with Gasteiger partial charge in [-0.1, -0.05) is 56.9 Å². The van der Waals surface area contributed by atoms with Crippen LogP contribution in [0.15, 0.2) is 70.8 Å². The molecule has 0 aliphatic rings. The SMILES string of the molecule is [B]/C(CC)=C(C)/C(CC)=C(C)/C(C=C)=C(C)/C=C\C=C. The summed E-state index contributed by atoms with van der Waals surface area (Å²) >= 11 is 0. The summed E-state index contributed by atoms with van der Waals surface area (Å²) in [7, 11) is 6.10. The van der Waals surface area contributed by atoms with Crippen molar-refractivity contribution in [3.63, 3.8) is 0 Å². The molecule has 0 nitrogen and oxygen atoms in total. The standard InChI is InChI=1S/C19H27B/c1-8-12-13-14(5)17(9-2)15(6)18(10-3)16(7)19(20)11-4/h8-9,12-13H,1-2,10-11H2,3-7H3/b13-12-,17-14+,18-15+,19-16+. The van der Waals surface area contributed by atoms with E-state index in [0.717, 1.165) is 18.3 Å². The van der Waals surface area contributed by atoms with Crippen LogP contribution in [-0.4, -0.2) is 7.85 Å². The van der Waals surface area contributed by atoms with Crippen molar-refractivity contribution in [3.8, 4) is 0 Å². The third kappa shape index (κ3) is 4.88. The fourth-order valence-corrected chi connectivity index (χ4v) is 2.35. The van der Waals surface area contributed by atoms with Crippen LogP contribution in [0.4, 0.5) is 0 Å². The van der Waals surface area contributed by atoms with Crippen molar-refractivity contribution < 1.29 is 0 Å². The smallest absolute Gasteiger partial charge is 0.108 e. The molecule has 0 atom stereocenters. The van der Waals surface area contributed by atoms with Crippen LogP contribution < -0.4 is 0 Å². The highest BCUT2D eigenvalue weighted by Crippen LogP contribution is 2.28. The van der Waals surface area contributed by atoms with E-state index in [1.54, 1.807) is 6.08 Å².